The second-order valence-electron chi connectivity index (χ2n) is 11.5. The molecule has 260 valence electrons. The Balaban J connectivity index is 1.59. The van der Waals surface area contributed by atoms with Gasteiger partial charge in [-0.3, -0.25) is 4.90 Å². The fraction of sp³-hybridized carbons (Fsp3) is 0.303. The van der Waals surface area contributed by atoms with E-state index in [1.54, 1.807) is 37.3 Å². The minimum absolute atomic E-state index is 0.00331. The van der Waals surface area contributed by atoms with Crippen molar-refractivity contribution in [2.24, 2.45) is 5.73 Å². The Labute approximate surface area is 282 Å². The lowest BCUT2D eigenvalue weighted by Gasteiger charge is -2.46. The number of ether oxygens (including phenoxy) is 1. The van der Waals surface area contributed by atoms with Gasteiger partial charge in [0.05, 0.1) is 32.5 Å². The van der Waals surface area contributed by atoms with Gasteiger partial charge in [-0.15, -0.1) is 0 Å². The Kier molecular flexibility index (Phi) is 9.78. The molecule has 0 saturated carbocycles. The van der Waals surface area contributed by atoms with Crippen LogP contribution in [-0.4, -0.2) is 21.7 Å². The minimum Gasteiger partial charge on any atom is -0.444 e. The van der Waals surface area contributed by atoms with E-state index in [0.717, 1.165) is 23.1 Å². The number of carbonyl (C=O) groups excluding carboxylic acids is 1. The van der Waals surface area contributed by atoms with Crippen LogP contribution in [0.1, 0.15) is 70.6 Å². The molecule has 0 fully saturated rings. The van der Waals surface area contributed by atoms with Crippen LogP contribution in [-0.2, 0) is 36.3 Å². The Morgan fingerprint density at radius 2 is 1.51 bits per heavy atom. The van der Waals surface area contributed by atoms with Gasteiger partial charge in [-0.05, 0) is 81.9 Å². The molecule has 1 aliphatic rings. The van der Waals surface area contributed by atoms with Gasteiger partial charge >= 0.3 is 24.6 Å². The number of hydrogen-bond donors (Lipinski definition) is 1. The SMILES string of the molecule is CC[C@]1(N)C[C@H](c2ncc(Br)c(Cc3cc(C(F)(F)F)cc(C(F)(F)F)c3)n2)c2cc(C(F)(F)F)ccc2N1C(=O)OCc1ccccc1. The maximum atomic E-state index is 13.9. The quantitative estimate of drug-likeness (QED) is 0.198. The van der Waals surface area contributed by atoms with Gasteiger partial charge in [0, 0.05) is 18.5 Å². The van der Waals surface area contributed by atoms with Crippen LogP contribution in [0.4, 0.5) is 50.0 Å². The van der Waals surface area contributed by atoms with E-state index in [-0.39, 0.29) is 58.3 Å². The number of hydrogen-bond acceptors (Lipinski definition) is 5. The summed E-state index contributed by atoms with van der Waals surface area (Å²) in [7, 11) is 0. The van der Waals surface area contributed by atoms with Gasteiger partial charge in [-0.25, -0.2) is 14.8 Å². The smallest absolute Gasteiger partial charge is 0.416 e. The number of nitrogens with zero attached hydrogens (tertiary/aromatic N) is 3. The number of aromatic nitrogens is 2. The van der Waals surface area contributed by atoms with Crippen molar-refractivity contribution in [2.75, 3.05) is 4.90 Å². The molecule has 1 amide bonds. The monoisotopic (exact) mass is 760 g/mol. The summed E-state index contributed by atoms with van der Waals surface area (Å²) in [6.07, 6.45) is -15.3. The van der Waals surface area contributed by atoms with Crippen LogP contribution in [0.2, 0.25) is 0 Å². The second kappa shape index (κ2) is 13.3. The fourth-order valence-corrected chi connectivity index (χ4v) is 5.96. The average Bonchev–Trinajstić information content (AvgIpc) is 3.03. The third-order valence-electron chi connectivity index (χ3n) is 8.14. The first-order valence-corrected chi connectivity index (χ1v) is 15.4. The molecule has 0 unspecified atom stereocenters. The van der Waals surface area contributed by atoms with E-state index in [2.05, 4.69) is 25.9 Å². The number of nitrogens with two attached hydrogens (primary N) is 1. The molecule has 3 aromatic carbocycles. The van der Waals surface area contributed by atoms with Gasteiger partial charge in [-0.1, -0.05) is 37.3 Å². The topological polar surface area (TPSA) is 81.3 Å². The Morgan fingerprint density at radius 3 is 2.08 bits per heavy atom. The van der Waals surface area contributed by atoms with Crippen molar-refractivity contribution >= 4 is 27.7 Å². The van der Waals surface area contributed by atoms with Gasteiger partial charge in [-0.2, -0.15) is 39.5 Å². The first-order valence-electron chi connectivity index (χ1n) is 14.6. The molecule has 2 N–H and O–H groups in total. The first-order chi connectivity index (χ1) is 22.8. The predicted molar refractivity (Wildman–Crippen MR) is 163 cm³/mol. The zero-order chi connectivity index (χ0) is 35.9. The van der Waals surface area contributed by atoms with Crippen LogP contribution in [0, 0.1) is 0 Å². The molecular weight excluding hydrogens is 735 g/mol. The summed E-state index contributed by atoms with van der Waals surface area (Å²) in [5.41, 5.74) is 1.36. The number of anilines is 1. The van der Waals surface area contributed by atoms with Crippen LogP contribution in [0.3, 0.4) is 0 Å². The van der Waals surface area contributed by atoms with Crippen LogP contribution in [0.5, 0.6) is 0 Å². The molecule has 1 aromatic heterocycles. The van der Waals surface area contributed by atoms with E-state index in [1.807, 2.05) is 0 Å². The van der Waals surface area contributed by atoms with E-state index < -0.39 is 59.3 Å². The highest BCUT2D eigenvalue weighted by Gasteiger charge is 2.47. The van der Waals surface area contributed by atoms with E-state index in [0.29, 0.717) is 17.7 Å². The third-order valence-corrected chi connectivity index (χ3v) is 8.80. The van der Waals surface area contributed by atoms with Crippen molar-refractivity contribution in [2.45, 2.75) is 62.9 Å². The van der Waals surface area contributed by atoms with Crippen LogP contribution >= 0.6 is 15.9 Å². The lowest BCUT2D eigenvalue weighted by atomic mass is 9.80. The largest absolute Gasteiger partial charge is 0.444 e. The standard InChI is InChI=1S/C33H26BrF9N4O2/c1-2-30(44)15-24(23-14-20(31(35,36)37)8-9-27(23)47(30)29(48)49-17-18-6-4-3-5-7-18)28-45-16-25(34)26(46-28)12-19-10-21(32(38,39)40)13-22(11-19)33(41,42)43/h3-11,13-14,16,24H,2,12,15,17,44H2,1H3/t24-,30+/m0/s1. The van der Waals surface area contributed by atoms with Crippen molar-refractivity contribution in [3.8, 4) is 0 Å². The molecule has 49 heavy (non-hydrogen) atoms. The van der Waals surface area contributed by atoms with E-state index >= 15 is 0 Å². The summed E-state index contributed by atoms with van der Waals surface area (Å²) in [5, 5.41) is 0. The van der Waals surface area contributed by atoms with Crippen LogP contribution < -0.4 is 10.6 Å². The maximum absolute atomic E-state index is 13.9. The fourth-order valence-electron chi connectivity index (χ4n) is 5.63. The number of amides is 1. The number of rotatable bonds is 6. The normalized spacial score (nSPS) is 18.3. The molecule has 0 saturated heterocycles. The number of halogens is 10. The molecule has 5 rings (SSSR count). The van der Waals surface area contributed by atoms with Gasteiger partial charge in [0.1, 0.15) is 18.1 Å². The molecular formula is C33H26BrF9N4O2. The van der Waals surface area contributed by atoms with Crippen molar-refractivity contribution in [3.05, 3.63) is 122 Å². The van der Waals surface area contributed by atoms with Crippen molar-refractivity contribution in [1.82, 2.24) is 9.97 Å². The van der Waals surface area contributed by atoms with Crippen molar-refractivity contribution < 1.29 is 49.0 Å². The maximum Gasteiger partial charge on any atom is 0.416 e. The summed E-state index contributed by atoms with van der Waals surface area (Å²) in [4.78, 5) is 23.3. The molecule has 0 bridgehead atoms. The highest BCUT2D eigenvalue weighted by molar-refractivity contribution is 9.10. The van der Waals surface area contributed by atoms with Gasteiger partial charge in [0.25, 0.3) is 0 Å². The highest BCUT2D eigenvalue weighted by Crippen LogP contribution is 2.47. The Hall–Kier alpha value is -4.18. The number of carbonyl (C=O) groups is 1. The first kappa shape index (κ1) is 36.1. The molecule has 6 nitrogen and oxygen atoms in total. The lowest BCUT2D eigenvalue weighted by Crippen LogP contribution is -2.61. The summed E-state index contributed by atoms with van der Waals surface area (Å²) >= 11 is 3.19. The molecule has 0 spiro atoms. The van der Waals surface area contributed by atoms with Crippen LogP contribution in [0.25, 0.3) is 0 Å². The molecule has 2 heterocycles. The van der Waals surface area contributed by atoms with Gasteiger partial charge in [0.2, 0.25) is 0 Å². The number of alkyl halides is 9. The zero-order valence-corrected chi connectivity index (χ0v) is 26.9. The summed E-state index contributed by atoms with van der Waals surface area (Å²) in [5.74, 6) is -1.19. The van der Waals surface area contributed by atoms with Crippen molar-refractivity contribution in [1.29, 1.82) is 0 Å². The molecule has 16 heteroatoms. The highest BCUT2D eigenvalue weighted by atomic mass is 79.9. The molecule has 2 atom stereocenters. The predicted octanol–water partition coefficient (Wildman–Crippen LogP) is 9.63. The lowest BCUT2D eigenvalue weighted by molar-refractivity contribution is -0.143. The molecule has 4 aromatic rings. The number of benzene rings is 3. The Morgan fingerprint density at radius 1 is 0.898 bits per heavy atom. The minimum atomic E-state index is -5.08. The van der Waals surface area contributed by atoms with E-state index in [9.17, 15) is 44.3 Å². The summed E-state index contributed by atoms with van der Waals surface area (Å²) in [6.45, 7) is 1.50. The second-order valence-corrected chi connectivity index (χ2v) is 12.3. The van der Waals surface area contributed by atoms with Crippen molar-refractivity contribution in [3.63, 3.8) is 0 Å². The van der Waals surface area contributed by atoms with E-state index in [1.165, 1.54) is 6.20 Å². The molecule has 1 aliphatic heterocycles. The molecule has 0 aliphatic carbocycles. The number of fused-ring (bicyclic) bond motifs is 1. The summed E-state index contributed by atoms with van der Waals surface area (Å²) < 4.78 is 129. The van der Waals surface area contributed by atoms with Gasteiger partial charge in [0.15, 0.2) is 0 Å². The third kappa shape index (κ3) is 7.85. The zero-order valence-electron chi connectivity index (χ0n) is 25.3. The van der Waals surface area contributed by atoms with Crippen LogP contribution in [0.15, 0.2) is 77.4 Å². The average molecular weight is 761 g/mol. The van der Waals surface area contributed by atoms with E-state index in [4.69, 9.17) is 10.5 Å². The Bertz CT molecular complexity index is 1820. The molecule has 0 radical (unpaired) electrons. The summed E-state index contributed by atoms with van der Waals surface area (Å²) in [6, 6.07) is 12.5. The van der Waals surface area contributed by atoms with Gasteiger partial charge < -0.3 is 10.5 Å².